The van der Waals surface area contributed by atoms with Crippen LogP contribution >= 0.6 is 43.2 Å². The summed E-state index contributed by atoms with van der Waals surface area (Å²) in [5.41, 5.74) is 0.690. The van der Waals surface area contributed by atoms with Crippen LogP contribution in [0.3, 0.4) is 0 Å². The van der Waals surface area contributed by atoms with Crippen LogP contribution in [-0.2, 0) is 4.74 Å². The Hall–Kier alpha value is 0.290. The van der Waals surface area contributed by atoms with Gasteiger partial charge in [-0.25, -0.2) is 0 Å². The second kappa shape index (κ2) is 6.13. The van der Waals surface area contributed by atoms with Crippen molar-refractivity contribution in [2.75, 3.05) is 6.61 Å². The Bertz CT molecular complexity index is 349. The van der Waals surface area contributed by atoms with Crippen LogP contribution in [0.15, 0.2) is 13.6 Å². The van der Waals surface area contributed by atoms with Crippen LogP contribution in [0.2, 0.25) is 0 Å². The maximum absolute atomic E-state index is 11.7. The second-order valence-electron chi connectivity index (χ2n) is 3.19. The van der Waals surface area contributed by atoms with Crippen molar-refractivity contribution in [1.82, 2.24) is 0 Å². The van der Waals surface area contributed by atoms with E-state index < -0.39 is 0 Å². The van der Waals surface area contributed by atoms with Crippen molar-refractivity contribution < 1.29 is 9.53 Å². The number of ketones is 1. The molecule has 1 heterocycles. The highest BCUT2D eigenvalue weighted by Crippen LogP contribution is 2.32. The van der Waals surface area contributed by atoms with Gasteiger partial charge < -0.3 is 4.74 Å². The summed E-state index contributed by atoms with van der Waals surface area (Å²) < 4.78 is 7.19. The summed E-state index contributed by atoms with van der Waals surface area (Å²) in [6, 6.07) is 1.82. The normalized spacial score (nSPS) is 12.8. The molecule has 84 valence electrons. The first kappa shape index (κ1) is 13.4. The first-order chi connectivity index (χ1) is 7.04. The van der Waals surface area contributed by atoms with E-state index in [-0.39, 0.29) is 18.5 Å². The molecule has 0 fully saturated rings. The van der Waals surface area contributed by atoms with Crippen molar-refractivity contribution in [2.45, 2.75) is 26.4 Å². The minimum absolute atomic E-state index is 0.0177. The predicted octanol–water partition coefficient (Wildman–Crippen LogP) is 4.27. The molecule has 0 N–H and O–H groups in total. The van der Waals surface area contributed by atoms with E-state index in [0.717, 1.165) is 14.0 Å². The summed E-state index contributed by atoms with van der Waals surface area (Å²) in [6.45, 7) is 4.15. The van der Waals surface area contributed by atoms with E-state index in [0.29, 0.717) is 5.56 Å². The van der Waals surface area contributed by atoms with Gasteiger partial charge in [-0.2, -0.15) is 0 Å². The number of Topliss-reactive ketones (excluding diaryl/α,β-unsaturated/α-hetero) is 1. The Kier molecular flexibility index (Phi) is 5.46. The van der Waals surface area contributed by atoms with Crippen LogP contribution in [0, 0.1) is 0 Å². The molecule has 0 aliphatic rings. The zero-order chi connectivity index (χ0) is 11.4. The van der Waals surface area contributed by atoms with Gasteiger partial charge in [0.1, 0.15) is 6.61 Å². The standard InChI is InChI=1S/C10H12Br2O2S/c1-3-6(2)14-5-8(13)7-4-9(11)15-10(7)12/h4,6H,3,5H2,1-2H3. The summed E-state index contributed by atoms with van der Waals surface area (Å²) in [5, 5.41) is 0. The average molecular weight is 356 g/mol. The third-order valence-electron chi connectivity index (χ3n) is 2.03. The molecule has 1 aromatic heterocycles. The Balaban J connectivity index is 2.58. The Morgan fingerprint density at radius 1 is 1.60 bits per heavy atom. The first-order valence-corrected chi connectivity index (χ1v) is 7.04. The predicted molar refractivity (Wildman–Crippen MR) is 69.8 cm³/mol. The number of thiophene rings is 1. The van der Waals surface area contributed by atoms with Crippen LogP contribution in [0.25, 0.3) is 0 Å². The second-order valence-corrected chi connectivity index (χ2v) is 6.94. The summed E-state index contributed by atoms with van der Waals surface area (Å²) >= 11 is 8.19. The fraction of sp³-hybridized carbons (Fsp3) is 0.500. The molecule has 0 bridgehead atoms. The van der Waals surface area contributed by atoms with Gasteiger partial charge in [-0.15, -0.1) is 11.3 Å². The van der Waals surface area contributed by atoms with Crippen molar-refractivity contribution in [3.05, 3.63) is 19.2 Å². The molecule has 1 unspecified atom stereocenters. The van der Waals surface area contributed by atoms with Gasteiger partial charge in [-0.05, 0) is 51.3 Å². The van der Waals surface area contributed by atoms with Gasteiger partial charge in [-0.3, -0.25) is 4.79 Å². The Morgan fingerprint density at radius 3 is 2.73 bits per heavy atom. The minimum Gasteiger partial charge on any atom is -0.370 e. The van der Waals surface area contributed by atoms with Gasteiger partial charge in [0.2, 0.25) is 0 Å². The molecule has 5 heteroatoms. The number of hydrogen-bond acceptors (Lipinski definition) is 3. The van der Waals surface area contributed by atoms with Gasteiger partial charge in [0, 0.05) is 5.56 Å². The third kappa shape index (κ3) is 3.98. The largest absolute Gasteiger partial charge is 0.370 e. The summed E-state index contributed by atoms with van der Waals surface area (Å²) in [7, 11) is 0. The zero-order valence-corrected chi connectivity index (χ0v) is 12.5. The fourth-order valence-electron chi connectivity index (χ4n) is 0.944. The van der Waals surface area contributed by atoms with Crippen molar-refractivity contribution >= 4 is 49.0 Å². The molecule has 1 atom stereocenters. The maximum Gasteiger partial charge on any atom is 0.190 e. The fourth-order valence-corrected chi connectivity index (χ4v) is 3.80. The number of halogens is 2. The lowest BCUT2D eigenvalue weighted by Crippen LogP contribution is -2.14. The molecule has 0 aliphatic carbocycles. The minimum atomic E-state index is 0.0177. The van der Waals surface area contributed by atoms with E-state index in [4.69, 9.17) is 4.74 Å². The van der Waals surface area contributed by atoms with E-state index in [1.54, 1.807) is 0 Å². The van der Waals surface area contributed by atoms with E-state index in [2.05, 4.69) is 31.9 Å². The van der Waals surface area contributed by atoms with E-state index in [9.17, 15) is 4.79 Å². The lowest BCUT2D eigenvalue weighted by Gasteiger charge is -2.08. The number of carbonyl (C=O) groups is 1. The maximum atomic E-state index is 11.7. The molecule has 0 saturated carbocycles. The zero-order valence-electron chi connectivity index (χ0n) is 8.55. The van der Waals surface area contributed by atoms with E-state index in [1.165, 1.54) is 11.3 Å². The number of ether oxygens (including phenoxy) is 1. The number of carbonyl (C=O) groups excluding carboxylic acids is 1. The molecule has 2 nitrogen and oxygen atoms in total. The monoisotopic (exact) mass is 354 g/mol. The highest BCUT2D eigenvalue weighted by molar-refractivity contribution is 9.12. The molecule has 0 aromatic carbocycles. The van der Waals surface area contributed by atoms with Crippen LogP contribution in [0.1, 0.15) is 30.6 Å². The van der Waals surface area contributed by atoms with Crippen LogP contribution in [0.4, 0.5) is 0 Å². The highest BCUT2D eigenvalue weighted by atomic mass is 79.9. The van der Waals surface area contributed by atoms with E-state index >= 15 is 0 Å². The van der Waals surface area contributed by atoms with Gasteiger partial charge in [0.15, 0.2) is 5.78 Å². The molecule has 0 amide bonds. The first-order valence-electron chi connectivity index (χ1n) is 4.64. The summed E-state index contributed by atoms with van der Waals surface area (Å²) in [4.78, 5) is 11.7. The van der Waals surface area contributed by atoms with Crippen LogP contribution in [0.5, 0.6) is 0 Å². The van der Waals surface area contributed by atoms with Crippen molar-refractivity contribution in [1.29, 1.82) is 0 Å². The van der Waals surface area contributed by atoms with Crippen LogP contribution in [-0.4, -0.2) is 18.5 Å². The topological polar surface area (TPSA) is 26.3 Å². The van der Waals surface area contributed by atoms with Gasteiger partial charge in [0.05, 0.1) is 13.7 Å². The highest BCUT2D eigenvalue weighted by Gasteiger charge is 2.14. The molecule has 0 radical (unpaired) electrons. The molecular formula is C10H12Br2O2S. The molecule has 0 aliphatic heterocycles. The average Bonchev–Trinajstić information content (AvgIpc) is 2.53. The van der Waals surface area contributed by atoms with Gasteiger partial charge in [-0.1, -0.05) is 6.92 Å². The van der Waals surface area contributed by atoms with Crippen molar-refractivity contribution in [3.8, 4) is 0 Å². The summed E-state index contributed by atoms with van der Waals surface area (Å²) in [5.74, 6) is 0.0177. The molecular weight excluding hydrogens is 344 g/mol. The molecule has 0 saturated heterocycles. The summed E-state index contributed by atoms with van der Waals surface area (Å²) in [6.07, 6.45) is 1.05. The smallest absolute Gasteiger partial charge is 0.190 e. The Labute approximate surface area is 110 Å². The van der Waals surface area contributed by atoms with Gasteiger partial charge >= 0.3 is 0 Å². The third-order valence-corrected chi connectivity index (χ3v) is 4.37. The van der Waals surface area contributed by atoms with Gasteiger partial charge in [0.25, 0.3) is 0 Å². The SMILES string of the molecule is CCC(C)OCC(=O)c1cc(Br)sc1Br. The van der Waals surface area contributed by atoms with Crippen LogP contribution < -0.4 is 0 Å². The molecule has 1 rings (SSSR count). The quantitative estimate of drug-likeness (QED) is 0.737. The Morgan fingerprint density at radius 2 is 2.27 bits per heavy atom. The molecule has 1 aromatic rings. The number of hydrogen-bond donors (Lipinski definition) is 0. The lowest BCUT2D eigenvalue weighted by atomic mass is 10.2. The van der Waals surface area contributed by atoms with Crippen molar-refractivity contribution in [3.63, 3.8) is 0 Å². The molecule has 15 heavy (non-hydrogen) atoms. The van der Waals surface area contributed by atoms with Crippen molar-refractivity contribution in [2.24, 2.45) is 0 Å². The lowest BCUT2D eigenvalue weighted by molar-refractivity contribution is 0.0511. The molecule has 0 spiro atoms. The number of rotatable bonds is 5. The van der Waals surface area contributed by atoms with E-state index in [1.807, 2.05) is 19.9 Å².